The largest absolute Gasteiger partial charge is 0.478 e. The van der Waals surface area contributed by atoms with E-state index in [0.717, 1.165) is 10.9 Å². The lowest BCUT2D eigenvalue weighted by atomic mass is 9.83. The molecule has 0 amide bonds. The molecule has 0 spiro atoms. The highest BCUT2D eigenvalue weighted by atomic mass is 16.4. The maximum absolute atomic E-state index is 12.9. The molecular weight excluding hydrogens is 348 g/mol. The van der Waals surface area contributed by atoms with Gasteiger partial charge in [-0.05, 0) is 53.6 Å². The van der Waals surface area contributed by atoms with E-state index in [2.05, 4.69) is 12.1 Å². The fourth-order valence-corrected chi connectivity index (χ4v) is 4.37. The number of fused-ring (bicyclic) bond motifs is 1. The fourth-order valence-electron chi connectivity index (χ4n) is 4.37. The lowest BCUT2D eigenvalue weighted by Gasteiger charge is -2.22. The van der Waals surface area contributed by atoms with Crippen molar-refractivity contribution in [1.82, 2.24) is 0 Å². The number of carboxylic acid groups (broad SMARTS) is 1. The summed E-state index contributed by atoms with van der Waals surface area (Å²) in [6.45, 7) is 1.79. The van der Waals surface area contributed by atoms with E-state index in [1.165, 1.54) is 37.7 Å². The van der Waals surface area contributed by atoms with Crippen LogP contribution in [0.25, 0.3) is 10.8 Å². The molecule has 0 unspecified atom stereocenters. The SMILES string of the molecule is Cc1ccc2cc(C(=O)c3ccc(C4CCCCC4)cc3)ccc2c1C(=O)O. The average Bonchev–Trinajstić information content (AvgIpc) is 2.73. The van der Waals surface area contributed by atoms with Crippen LogP contribution >= 0.6 is 0 Å². The highest BCUT2D eigenvalue weighted by molar-refractivity contribution is 6.12. The third-order valence-corrected chi connectivity index (χ3v) is 5.95. The summed E-state index contributed by atoms with van der Waals surface area (Å²) in [7, 11) is 0. The highest BCUT2D eigenvalue weighted by Gasteiger charge is 2.17. The van der Waals surface area contributed by atoms with Crippen molar-refractivity contribution in [2.45, 2.75) is 44.9 Å². The van der Waals surface area contributed by atoms with Gasteiger partial charge in [-0.2, -0.15) is 0 Å². The van der Waals surface area contributed by atoms with Gasteiger partial charge in [0.05, 0.1) is 5.56 Å². The average molecular weight is 372 g/mol. The lowest BCUT2D eigenvalue weighted by molar-refractivity contribution is 0.0698. The highest BCUT2D eigenvalue weighted by Crippen LogP contribution is 2.33. The third kappa shape index (κ3) is 3.45. The number of carboxylic acids is 1. The van der Waals surface area contributed by atoms with Crippen molar-refractivity contribution >= 4 is 22.5 Å². The molecule has 0 saturated heterocycles. The Kier molecular flexibility index (Phi) is 4.99. The molecule has 3 aromatic carbocycles. The van der Waals surface area contributed by atoms with Crippen LogP contribution in [0.5, 0.6) is 0 Å². The summed E-state index contributed by atoms with van der Waals surface area (Å²) in [4.78, 5) is 24.5. The maximum atomic E-state index is 12.9. The smallest absolute Gasteiger partial charge is 0.336 e. The Morgan fingerprint density at radius 3 is 2.21 bits per heavy atom. The number of ketones is 1. The van der Waals surface area contributed by atoms with Crippen LogP contribution in [0.4, 0.5) is 0 Å². The first-order chi connectivity index (χ1) is 13.5. The molecule has 0 heterocycles. The Morgan fingerprint density at radius 2 is 1.54 bits per heavy atom. The normalized spacial score (nSPS) is 14.9. The predicted molar refractivity (Wildman–Crippen MR) is 111 cm³/mol. The van der Waals surface area contributed by atoms with Crippen molar-refractivity contribution in [2.75, 3.05) is 0 Å². The number of rotatable bonds is 4. The summed E-state index contributed by atoms with van der Waals surface area (Å²) in [6, 6.07) is 17.0. The van der Waals surface area contributed by atoms with Gasteiger partial charge < -0.3 is 5.11 Å². The summed E-state index contributed by atoms with van der Waals surface area (Å²) >= 11 is 0. The zero-order valence-corrected chi connectivity index (χ0v) is 16.1. The maximum Gasteiger partial charge on any atom is 0.336 e. The molecule has 0 aromatic heterocycles. The first-order valence-corrected chi connectivity index (χ1v) is 9.96. The van der Waals surface area contributed by atoms with E-state index in [9.17, 15) is 14.7 Å². The first kappa shape index (κ1) is 18.4. The van der Waals surface area contributed by atoms with Crippen molar-refractivity contribution in [1.29, 1.82) is 0 Å². The van der Waals surface area contributed by atoms with Gasteiger partial charge >= 0.3 is 5.97 Å². The summed E-state index contributed by atoms with van der Waals surface area (Å²) < 4.78 is 0. The zero-order valence-electron chi connectivity index (χ0n) is 16.1. The van der Waals surface area contributed by atoms with Gasteiger partial charge in [0, 0.05) is 11.1 Å². The van der Waals surface area contributed by atoms with Crippen LogP contribution in [0.15, 0.2) is 54.6 Å². The van der Waals surface area contributed by atoms with Gasteiger partial charge in [-0.15, -0.1) is 0 Å². The van der Waals surface area contributed by atoms with E-state index in [0.29, 0.717) is 28.0 Å². The van der Waals surface area contributed by atoms with Crippen LogP contribution in [0.2, 0.25) is 0 Å². The molecule has 0 atom stereocenters. The quantitative estimate of drug-likeness (QED) is 0.561. The van der Waals surface area contributed by atoms with Crippen molar-refractivity contribution in [3.8, 4) is 0 Å². The second-order valence-corrected chi connectivity index (χ2v) is 7.78. The predicted octanol–water partition coefficient (Wildman–Crippen LogP) is 6.13. The molecule has 1 N–H and O–H groups in total. The molecule has 142 valence electrons. The van der Waals surface area contributed by atoms with E-state index in [-0.39, 0.29) is 5.78 Å². The number of aryl methyl sites for hydroxylation is 1. The molecule has 1 saturated carbocycles. The molecular formula is C25H24O3. The van der Waals surface area contributed by atoms with Gasteiger partial charge in [0.25, 0.3) is 0 Å². The Morgan fingerprint density at radius 1 is 0.857 bits per heavy atom. The minimum absolute atomic E-state index is 0.0328. The van der Waals surface area contributed by atoms with Crippen molar-refractivity contribution < 1.29 is 14.7 Å². The van der Waals surface area contributed by atoms with Gasteiger partial charge in [0.15, 0.2) is 5.78 Å². The lowest BCUT2D eigenvalue weighted by Crippen LogP contribution is -2.06. The molecule has 0 aliphatic heterocycles. The molecule has 1 aliphatic carbocycles. The summed E-state index contributed by atoms with van der Waals surface area (Å²) in [5.41, 5.74) is 3.60. The number of hydrogen-bond acceptors (Lipinski definition) is 2. The van der Waals surface area contributed by atoms with E-state index < -0.39 is 5.97 Å². The number of carbonyl (C=O) groups is 2. The Bertz CT molecular complexity index is 1040. The van der Waals surface area contributed by atoms with Gasteiger partial charge in [-0.25, -0.2) is 4.79 Å². The molecule has 4 rings (SSSR count). The molecule has 1 aliphatic rings. The topological polar surface area (TPSA) is 54.4 Å². The second kappa shape index (κ2) is 7.59. The fraction of sp³-hybridized carbons (Fsp3) is 0.280. The van der Waals surface area contributed by atoms with Crippen LogP contribution in [0.1, 0.15) is 75.4 Å². The number of aromatic carboxylic acids is 1. The number of benzene rings is 3. The summed E-state index contributed by atoms with van der Waals surface area (Å²) in [5.74, 6) is -0.355. The van der Waals surface area contributed by atoms with E-state index in [4.69, 9.17) is 0 Å². The van der Waals surface area contributed by atoms with E-state index >= 15 is 0 Å². The number of carbonyl (C=O) groups excluding carboxylic acids is 1. The van der Waals surface area contributed by atoms with Gasteiger partial charge in [0.1, 0.15) is 0 Å². The Hall–Kier alpha value is -2.94. The number of hydrogen-bond donors (Lipinski definition) is 1. The molecule has 3 aromatic rings. The third-order valence-electron chi connectivity index (χ3n) is 5.95. The van der Waals surface area contributed by atoms with Gasteiger partial charge in [0.2, 0.25) is 0 Å². The monoisotopic (exact) mass is 372 g/mol. The van der Waals surface area contributed by atoms with Crippen LogP contribution < -0.4 is 0 Å². The summed E-state index contributed by atoms with van der Waals surface area (Å²) in [5, 5.41) is 10.9. The van der Waals surface area contributed by atoms with Gasteiger partial charge in [-0.3, -0.25) is 4.79 Å². The second-order valence-electron chi connectivity index (χ2n) is 7.78. The van der Waals surface area contributed by atoms with Crippen LogP contribution in [0, 0.1) is 6.92 Å². The van der Waals surface area contributed by atoms with Crippen LogP contribution in [-0.2, 0) is 0 Å². The zero-order chi connectivity index (χ0) is 19.7. The molecule has 0 bridgehead atoms. The minimum Gasteiger partial charge on any atom is -0.478 e. The molecule has 28 heavy (non-hydrogen) atoms. The molecule has 1 fully saturated rings. The van der Waals surface area contributed by atoms with E-state index in [1.807, 2.05) is 18.2 Å². The van der Waals surface area contributed by atoms with Crippen molar-refractivity contribution in [3.63, 3.8) is 0 Å². The molecule has 3 heteroatoms. The van der Waals surface area contributed by atoms with Crippen LogP contribution in [0.3, 0.4) is 0 Å². The first-order valence-electron chi connectivity index (χ1n) is 9.96. The Labute approximate surface area is 165 Å². The Balaban J connectivity index is 1.63. The molecule has 3 nitrogen and oxygen atoms in total. The van der Waals surface area contributed by atoms with E-state index in [1.54, 1.807) is 31.2 Å². The van der Waals surface area contributed by atoms with Crippen molar-refractivity contribution in [2.24, 2.45) is 0 Å². The molecule has 0 radical (unpaired) electrons. The standard InChI is InChI=1S/C25H24O3/c1-16-7-8-20-15-21(13-14-22(20)23(16)25(27)28)24(26)19-11-9-18(10-12-19)17-5-3-2-4-6-17/h7-15,17H,2-6H2,1H3,(H,27,28). The van der Waals surface area contributed by atoms with Gasteiger partial charge in [-0.1, -0.05) is 67.8 Å². The minimum atomic E-state index is -0.944. The van der Waals surface area contributed by atoms with Crippen LogP contribution in [-0.4, -0.2) is 16.9 Å². The van der Waals surface area contributed by atoms with Crippen molar-refractivity contribution in [3.05, 3.63) is 82.4 Å². The summed E-state index contributed by atoms with van der Waals surface area (Å²) in [6.07, 6.45) is 6.39.